The number of allylic oxidation sites excluding steroid dienone is 1. The molecule has 5 rings (SSSR count). The Bertz CT molecular complexity index is 1340. The maximum absolute atomic E-state index is 12.7. The van der Waals surface area contributed by atoms with E-state index in [1.807, 2.05) is 36.4 Å². The molecule has 0 radical (unpaired) electrons. The number of ketones is 2. The summed E-state index contributed by atoms with van der Waals surface area (Å²) in [7, 11) is 0. The zero-order valence-corrected chi connectivity index (χ0v) is 18.1. The maximum Gasteiger partial charge on any atom is 0.197 e. The third-order valence-electron chi connectivity index (χ3n) is 5.45. The van der Waals surface area contributed by atoms with Gasteiger partial charge >= 0.3 is 0 Å². The predicted molar refractivity (Wildman–Crippen MR) is 126 cm³/mol. The van der Waals surface area contributed by atoms with E-state index < -0.39 is 0 Å². The highest BCUT2D eigenvalue weighted by molar-refractivity contribution is 9.10. The Morgan fingerprint density at radius 2 is 1.45 bits per heavy atom. The Balaban J connectivity index is 1.43. The Kier molecular flexibility index (Phi) is 5.00. The van der Waals surface area contributed by atoms with Crippen LogP contribution in [0.15, 0.2) is 95.0 Å². The molecule has 0 amide bonds. The lowest BCUT2D eigenvalue weighted by Gasteiger charge is -2.10. The molecule has 0 saturated carbocycles. The lowest BCUT2D eigenvalue weighted by molar-refractivity contribution is 0.0990. The van der Waals surface area contributed by atoms with Crippen molar-refractivity contribution >= 4 is 44.3 Å². The molecule has 4 aromatic carbocycles. The summed E-state index contributed by atoms with van der Waals surface area (Å²) in [6.07, 6.45) is 1.64. The fraction of sp³-hybridized carbons (Fsp3) is 0.0370. The van der Waals surface area contributed by atoms with Crippen molar-refractivity contribution in [3.05, 3.63) is 117 Å². The van der Waals surface area contributed by atoms with Gasteiger partial charge in [0, 0.05) is 15.6 Å². The molecule has 0 N–H and O–H groups in total. The van der Waals surface area contributed by atoms with Gasteiger partial charge < -0.3 is 4.74 Å². The zero-order valence-electron chi connectivity index (χ0n) is 16.5. The van der Waals surface area contributed by atoms with Crippen molar-refractivity contribution < 1.29 is 14.3 Å². The first-order chi connectivity index (χ1) is 15.1. The molecule has 0 spiro atoms. The average Bonchev–Trinajstić information content (AvgIpc) is 3.04. The molecule has 0 aromatic heterocycles. The van der Waals surface area contributed by atoms with Gasteiger partial charge in [0.1, 0.15) is 12.4 Å². The number of hydrogen-bond acceptors (Lipinski definition) is 3. The first-order valence-corrected chi connectivity index (χ1v) is 10.7. The summed E-state index contributed by atoms with van der Waals surface area (Å²) in [5.41, 5.74) is 2.90. The molecule has 1 aliphatic carbocycles. The van der Waals surface area contributed by atoms with Gasteiger partial charge in [0.2, 0.25) is 0 Å². The molecule has 0 aliphatic heterocycles. The minimum atomic E-state index is -0.241. The molecule has 31 heavy (non-hydrogen) atoms. The average molecular weight is 469 g/mol. The van der Waals surface area contributed by atoms with Crippen molar-refractivity contribution in [1.29, 1.82) is 0 Å². The number of hydrogen-bond donors (Lipinski definition) is 0. The number of rotatable bonds is 4. The second kappa shape index (κ2) is 7.97. The number of ether oxygens (including phenoxy) is 1. The second-order valence-electron chi connectivity index (χ2n) is 7.37. The standard InChI is InChI=1S/C27H17BrO3/c28-25-13-12-20(31-16-18-8-5-7-17-6-1-2-9-21(17)18)14-19(25)15-24-26(29)22-10-3-4-11-23(22)27(24)30/h1-15H,16H2. The molecule has 4 aromatic rings. The minimum absolute atomic E-state index is 0.174. The third-order valence-corrected chi connectivity index (χ3v) is 6.17. The van der Waals surface area contributed by atoms with E-state index in [0.717, 1.165) is 21.0 Å². The molecular weight excluding hydrogens is 452 g/mol. The highest BCUT2D eigenvalue weighted by atomic mass is 79.9. The SMILES string of the molecule is O=C1C(=Cc2cc(OCc3cccc4ccccc34)ccc2Br)C(=O)c2ccccc21. The summed E-state index contributed by atoms with van der Waals surface area (Å²) in [6.45, 7) is 0.419. The van der Waals surface area contributed by atoms with Crippen LogP contribution in [0.2, 0.25) is 0 Å². The fourth-order valence-corrected chi connectivity index (χ4v) is 4.22. The number of fused-ring (bicyclic) bond motifs is 2. The van der Waals surface area contributed by atoms with E-state index in [4.69, 9.17) is 4.74 Å². The van der Waals surface area contributed by atoms with Crippen LogP contribution in [0.5, 0.6) is 5.75 Å². The van der Waals surface area contributed by atoms with Crippen LogP contribution < -0.4 is 4.74 Å². The van der Waals surface area contributed by atoms with E-state index >= 15 is 0 Å². The molecule has 0 unspecified atom stereocenters. The molecule has 1 aliphatic rings. The summed E-state index contributed by atoms with van der Waals surface area (Å²) in [6, 6.07) is 26.8. The van der Waals surface area contributed by atoms with Crippen molar-refractivity contribution in [2.75, 3.05) is 0 Å². The van der Waals surface area contributed by atoms with Gasteiger partial charge in [-0.1, -0.05) is 82.7 Å². The molecule has 0 fully saturated rings. The van der Waals surface area contributed by atoms with Gasteiger partial charge in [-0.25, -0.2) is 0 Å². The maximum atomic E-state index is 12.7. The largest absolute Gasteiger partial charge is 0.489 e. The fourth-order valence-electron chi connectivity index (χ4n) is 3.86. The van der Waals surface area contributed by atoms with Gasteiger partial charge in [0.15, 0.2) is 11.6 Å². The van der Waals surface area contributed by atoms with Gasteiger partial charge in [-0.2, -0.15) is 0 Å². The summed E-state index contributed by atoms with van der Waals surface area (Å²) in [5, 5.41) is 2.33. The van der Waals surface area contributed by atoms with Gasteiger partial charge in [0.25, 0.3) is 0 Å². The van der Waals surface area contributed by atoms with E-state index in [0.29, 0.717) is 23.5 Å². The lowest BCUT2D eigenvalue weighted by Crippen LogP contribution is -2.01. The van der Waals surface area contributed by atoms with Crippen molar-refractivity contribution in [1.82, 2.24) is 0 Å². The van der Waals surface area contributed by atoms with Gasteiger partial charge in [-0.3, -0.25) is 9.59 Å². The second-order valence-corrected chi connectivity index (χ2v) is 8.23. The number of carbonyl (C=O) groups is 2. The van der Waals surface area contributed by atoms with Crippen LogP contribution in [-0.4, -0.2) is 11.6 Å². The first kappa shape index (κ1) is 19.5. The molecular formula is C27H17BrO3. The summed E-state index contributed by atoms with van der Waals surface area (Å²) in [5.74, 6) is 0.183. The van der Waals surface area contributed by atoms with Gasteiger partial charge in [-0.15, -0.1) is 0 Å². The summed E-state index contributed by atoms with van der Waals surface area (Å²) >= 11 is 3.52. The Labute approximate surface area is 188 Å². The van der Waals surface area contributed by atoms with E-state index in [2.05, 4.69) is 40.2 Å². The number of Topliss-reactive ketones (excluding diaryl/α,β-unsaturated/α-hetero) is 2. The van der Waals surface area contributed by atoms with Crippen molar-refractivity contribution in [2.24, 2.45) is 0 Å². The van der Waals surface area contributed by atoms with Crippen LogP contribution in [0.1, 0.15) is 31.8 Å². The number of carbonyl (C=O) groups excluding carboxylic acids is 2. The molecule has 0 saturated heterocycles. The van der Waals surface area contributed by atoms with Crippen LogP contribution >= 0.6 is 15.9 Å². The van der Waals surface area contributed by atoms with Crippen LogP contribution in [0.25, 0.3) is 16.8 Å². The van der Waals surface area contributed by atoms with E-state index in [9.17, 15) is 9.59 Å². The summed E-state index contributed by atoms with van der Waals surface area (Å²) < 4.78 is 6.84. The van der Waals surface area contributed by atoms with Crippen molar-refractivity contribution in [2.45, 2.75) is 6.61 Å². The predicted octanol–water partition coefficient (Wildman–Crippen LogP) is 6.64. The highest BCUT2D eigenvalue weighted by Gasteiger charge is 2.32. The van der Waals surface area contributed by atoms with Crippen LogP contribution in [0.3, 0.4) is 0 Å². The molecule has 150 valence electrons. The smallest absolute Gasteiger partial charge is 0.197 e. The Hall–Kier alpha value is -3.50. The molecule has 0 bridgehead atoms. The quantitative estimate of drug-likeness (QED) is 0.249. The summed E-state index contributed by atoms with van der Waals surface area (Å²) in [4.78, 5) is 25.4. The van der Waals surface area contributed by atoms with Gasteiger partial charge in [0.05, 0.1) is 5.57 Å². The monoisotopic (exact) mass is 468 g/mol. The molecule has 4 heteroatoms. The molecule has 3 nitrogen and oxygen atoms in total. The molecule has 0 heterocycles. The molecule has 0 atom stereocenters. The number of halogens is 1. The van der Waals surface area contributed by atoms with Gasteiger partial charge in [-0.05, 0) is 46.2 Å². The van der Waals surface area contributed by atoms with E-state index in [1.54, 1.807) is 30.3 Å². The third kappa shape index (κ3) is 3.60. The minimum Gasteiger partial charge on any atom is -0.489 e. The van der Waals surface area contributed by atoms with Crippen LogP contribution in [0.4, 0.5) is 0 Å². The Morgan fingerprint density at radius 3 is 2.23 bits per heavy atom. The topological polar surface area (TPSA) is 43.4 Å². The van der Waals surface area contributed by atoms with Crippen molar-refractivity contribution in [3.8, 4) is 5.75 Å². The lowest BCUT2D eigenvalue weighted by atomic mass is 10.1. The zero-order chi connectivity index (χ0) is 21.4. The van der Waals surface area contributed by atoms with E-state index in [1.165, 1.54) is 5.39 Å². The normalized spacial score (nSPS) is 12.9. The first-order valence-electron chi connectivity index (χ1n) is 9.91. The highest BCUT2D eigenvalue weighted by Crippen LogP contribution is 2.31. The van der Waals surface area contributed by atoms with Crippen LogP contribution in [0, 0.1) is 0 Å². The van der Waals surface area contributed by atoms with Crippen LogP contribution in [-0.2, 0) is 6.61 Å². The van der Waals surface area contributed by atoms with E-state index in [-0.39, 0.29) is 17.1 Å². The number of benzene rings is 4. The Morgan fingerprint density at radius 1 is 0.774 bits per heavy atom. The van der Waals surface area contributed by atoms with Crippen molar-refractivity contribution in [3.63, 3.8) is 0 Å².